The Morgan fingerprint density at radius 1 is 1.00 bits per heavy atom. The van der Waals surface area contributed by atoms with E-state index < -0.39 is 8.07 Å². The minimum Gasteiger partial charge on any atom is -0.351 e. The first kappa shape index (κ1) is 11.2. The second kappa shape index (κ2) is 3.94. The molecule has 1 aliphatic heterocycles. The van der Waals surface area contributed by atoms with Crippen LogP contribution in [0.3, 0.4) is 0 Å². The van der Waals surface area contributed by atoms with E-state index in [2.05, 4.69) is 74.2 Å². The predicted octanol–water partition coefficient (Wildman–Crippen LogP) is 3.91. The van der Waals surface area contributed by atoms with E-state index in [1.54, 1.807) is 0 Å². The van der Waals surface area contributed by atoms with Crippen LogP contribution in [-0.4, -0.2) is 15.1 Å². The molecule has 1 nitrogen and oxygen atoms in total. The summed E-state index contributed by atoms with van der Waals surface area (Å²) in [4.78, 5) is 2.24. The normalized spacial score (nSPS) is 15.5. The van der Waals surface area contributed by atoms with Gasteiger partial charge in [-0.2, -0.15) is 0 Å². The average Bonchev–Trinajstić information content (AvgIpc) is 2.38. The molecule has 0 bridgehead atoms. The van der Waals surface area contributed by atoms with Crippen LogP contribution in [0.5, 0.6) is 0 Å². The number of allylic oxidation sites excluding steroid dienone is 2. The Labute approximate surface area is 99.1 Å². The van der Waals surface area contributed by atoms with Gasteiger partial charge in [0.2, 0.25) is 0 Å². The van der Waals surface area contributed by atoms with Crippen LogP contribution >= 0.6 is 0 Å². The van der Waals surface area contributed by atoms with Crippen molar-refractivity contribution in [2.45, 2.75) is 19.6 Å². The summed E-state index contributed by atoms with van der Waals surface area (Å²) in [6.45, 7) is 7.15. The third kappa shape index (κ3) is 2.12. The van der Waals surface area contributed by atoms with Crippen LogP contribution in [0.2, 0.25) is 19.6 Å². The van der Waals surface area contributed by atoms with Crippen molar-refractivity contribution in [2.24, 2.45) is 0 Å². The number of anilines is 1. The van der Waals surface area contributed by atoms with Crippen molar-refractivity contribution in [3.63, 3.8) is 0 Å². The molecule has 2 rings (SSSR count). The standard InChI is InChI=1S/C14H19NSi/c1-15-11-13(16(2,3)4)10-9-12-7-5-6-8-14(12)15/h5-11H,1-4H3. The quantitative estimate of drug-likeness (QED) is 0.660. The van der Waals surface area contributed by atoms with Gasteiger partial charge >= 0.3 is 0 Å². The van der Waals surface area contributed by atoms with E-state index in [0.29, 0.717) is 0 Å². The maximum absolute atomic E-state index is 2.38. The highest BCUT2D eigenvalue weighted by Gasteiger charge is 2.20. The minimum absolute atomic E-state index is 1.24. The van der Waals surface area contributed by atoms with Gasteiger partial charge in [-0.15, -0.1) is 0 Å². The molecule has 0 N–H and O–H groups in total. The minimum atomic E-state index is -1.24. The van der Waals surface area contributed by atoms with Crippen LogP contribution < -0.4 is 4.90 Å². The number of hydrogen-bond acceptors (Lipinski definition) is 1. The molecule has 2 heteroatoms. The van der Waals surface area contributed by atoms with Gasteiger partial charge in [0.25, 0.3) is 0 Å². The molecule has 0 saturated carbocycles. The largest absolute Gasteiger partial charge is 0.351 e. The van der Waals surface area contributed by atoms with Gasteiger partial charge in [0, 0.05) is 18.9 Å². The lowest BCUT2D eigenvalue weighted by molar-refractivity contribution is 1.20. The van der Waals surface area contributed by atoms with Crippen molar-refractivity contribution >= 4 is 19.8 Å². The van der Waals surface area contributed by atoms with Crippen molar-refractivity contribution < 1.29 is 0 Å². The zero-order chi connectivity index (χ0) is 11.8. The van der Waals surface area contributed by atoms with E-state index in [-0.39, 0.29) is 0 Å². The van der Waals surface area contributed by atoms with Gasteiger partial charge in [0.1, 0.15) is 0 Å². The molecular formula is C14H19NSi. The van der Waals surface area contributed by atoms with Crippen molar-refractivity contribution in [1.82, 2.24) is 0 Å². The first-order valence-electron chi connectivity index (χ1n) is 5.71. The van der Waals surface area contributed by atoms with Crippen molar-refractivity contribution in [3.8, 4) is 0 Å². The summed E-state index contributed by atoms with van der Waals surface area (Å²) >= 11 is 0. The Hall–Kier alpha value is -1.28. The number of fused-ring (bicyclic) bond motifs is 1. The van der Waals surface area contributed by atoms with E-state index in [1.807, 2.05) is 0 Å². The molecule has 84 valence electrons. The van der Waals surface area contributed by atoms with E-state index in [4.69, 9.17) is 0 Å². The third-order valence-corrected chi connectivity index (χ3v) is 4.99. The molecule has 1 heterocycles. The first-order valence-corrected chi connectivity index (χ1v) is 9.21. The van der Waals surface area contributed by atoms with Gasteiger partial charge in [0.05, 0.1) is 8.07 Å². The molecule has 0 radical (unpaired) electrons. The van der Waals surface area contributed by atoms with Gasteiger partial charge < -0.3 is 4.90 Å². The Balaban J connectivity index is 2.48. The van der Waals surface area contributed by atoms with Gasteiger partial charge in [-0.1, -0.05) is 50.0 Å². The van der Waals surface area contributed by atoms with Crippen LogP contribution in [0.15, 0.2) is 41.7 Å². The Morgan fingerprint density at radius 3 is 2.38 bits per heavy atom. The van der Waals surface area contributed by atoms with Crippen molar-refractivity contribution in [3.05, 3.63) is 47.3 Å². The lowest BCUT2D eigenvalue weighted by Crippen LogP contribution is -2.24. The molecule has 0 saturated heterocycles. The van der Waals surface area contributed by atoms with Crippen LogP contribution in [0.1, 0.15) is 5.56 Å². The molecule has 1 aromatic rings. The van der Waals surface area contributed by atoms with Gasteiger partial charge in [-0.25, -0.2) is 0 Å². The summed E-state index contributed by atoms with van der Waals surface area (Å²) < 4.78 is 0. The zero-order valence-electron chi connectivity index (χ0n) is 10.5. The van der Waals surface area contributed by atoms with E-state index in [1.165, 1.54) is 16.4 Å². The van der Waals surface area contributed by atoms with Crippen molar-refractivity contribution in [2.75, 3.05) is 11.9 Å². The fourth-order valence-corrected chi connectivity index (χ4v) is 3.06. The lowest BCUT2D eigenvalue weighted by atomic mass is 10.1. The number of nitrogens with zero attached hydrogens (tertiary/aromatic N) is 1. The number of rotatable bonds is 1. The second-order valence-corrected chi connectivity index (χ2v) is 10.4. The summed E-state index contributed by atoms with van der Waals surface area (Å²) in [5, 5.41) is 1.49. The predicted molar refractivity (Wildman–Crippen MR) is 75.3 cm³/mol. The van der Waals surface area contributed by atoms with Gasteiger partial charge in [-0.05, 0) is 16.8 Å². The summed E-state index contributed by atoms with van der Waals surface area (Å²) in [6, 6.07) is 8.53. The molecule has 0 unspecified atom stereocenters. The third-order valence-electron chi connectivity index (χ3n) is 2.96. The van der Waals surface area contributed by atoms with Gasteiger partial charge in [-0.3, -0.25) is 0 Å². The molecule has 0 spiro atoms. The Bertz CT molecular complexity index is 452. The summed E-state index contributed by atoms with van der Waals surface area (Å²) in [6.07, 6.45) is 6.81. The highest BCUT2D eigenvalue weighted by atomic mass is 28.3. The Morgan fingerprint density at radius 2 is 1.69 bits per heavy atom. The number of benzene rings is 1. The molecule has 0 aliphatic carbocycles. The molecule has 1 aliphatic rings. The molecule has 0 fully saturated rings. The summed E-state index contributed by atoms with van der Waals surface area (Å²) in [5.41, 5.74) is 2.58. The number of para-hydroxylation sites is 1. The molecule has 1 aromatic carbocycles. The van der Waals surface area contributed by atoms with E-state index in [9.17, 15) is 0 Å². The fourth-order valence-electron chi connectivity index (χ4n) is 1.89. The monoisotopic (exact) mass is 229 g/mol. The first-order chi connectivity index (χ1) is 7.48. The smallest absolute Gasteiger partial charge is 0.0795 e. The maximum Gasteiger partial charge on any atom is 0.0795 e. The fraction of sp³-hybridized carbons (Fsp3) is 0.286. The zero-order valence-corrected chi connectivity index (χ0v) is 11.5. The SMILES string of the molecule is CN1C=C([Si](C)(C)C)C=Cc2ccccc21. The Kier molecular flexibility index (Phi) is 2.76. The van der Waals surface area contributed by atoms with Crippen LogP contribution in [0.25, 0.3) is 6.08 Å². The van der Waals surface area contributed by atoms with Crippen LogP contribution in [0, 0.1) is 0 Å². The molecular weight excluding hydrogens is 210 g/mol. The molecule has 0 atom stereocenters. The highest BCUT2D eigenvalue weighted by Crippen LogP contribution is 2.28. The van der Waals surface area contributed by atoms with E-state index >= 15 is 0 Å². The average molecular weight is 229 g/mol. The highest BCUT2D eigenvalue weighted by molar-refractivity contribution is 6.83. The summed E-state index contributed by atoms with van der Waals surface area (Å²) in [7, 11) is 0.894. The second-order valence-electron chi connectivity index (χ2n) is 5.34. The molecule has 0 aromatic heterocycles. The van der Waals surface area contributed by atoms with Crippen molar-refractivity contribution in [1.29, 1.82) is 0 Å². The van der Waals surface area contributed by atoms with Crippen LogP contribution in [-0.2, 0) is 0 Å². The van der Waals surface area contributed by atoms with Gasteiger partial charge in [0.15, 0.2) is 0 Å². The maximum atomic E-state index is 2.38. The van der Waals surface area contributed by atoms with Crippen LogP contribution in [0.4, 0.5) is 5.69 Å². The number of hydrogen-bond donors (Lipinski definition) is 0. The lowest BCUT2D eigenvalue weighted by Gasteiger charge is -2.21. The summed E-state index contributed by atoms with van der Waals surface area (Å²) in [5.74, 6) is 0. The molecule has 16 heavy (non-hydrogen) atoms. The molecule has 0 amide bonds. The van der Waals surface area contributed by atoms with E-state index in [0.717, 1.165) is 0 Å². The topological polar surface area (TPSA) is 3.24 Å².